The minimum absolute atomic E-state index is 0.0676. The molecule has 0 aliphatic carbocycles. The second kappa shape index (κ2) is 8.30. The van der Waals surface area contributed by atoms with Gasteiger partial charge in [-0.05, 0) is 50.8 Å². The number of phenols is 1. The molecule has 1 aromatic rings. The Balaban J connectivity index is 1.68. The minimum atomic E-state index is -0.898. The number of methoxy groups -OCH3 is 1. The van der Waals surface area contributed by atoms with Crippen molar-refractivity contribution >= 4 is 11.8 Å². The van der Waals surface area contributed by atoms with Crippen molar-refractivity contribution in [2.24, 2.45) is 0 Å². The molecule has 2 fully saturated rings. The van der Waals surface area contributed by atoms with Crippen molar-refractivity contribution in [3.05, 3.63) is 29.3 Å². The fourth-order valence-electron chi connectivity index (χ4n) is 4.31. The molecule has 1 spiro atoms. The molecule has 2 saturated heterocycles. The van der Waals surface area contributed by atoms with Gasteiger partial charge in [0.25, 0.3) is 5.91 Å². The highest BCUT2D eigenvalue weighted by Crippen LogP contribution is 2.40. The number of rotatable bonds is 4. The van der Waals surface area contributed by atoms with Gasteiger partial charge in [0.15, 0.2) is 0 Å². The summed E-state index contributed by atoms with van der Waals surface area (Å²) in [6, 6.07) is 4.91. The van der Waals surface area contributed by atoms with E-state index in [0.29, 0.717) is 50.1 Å². The van der Waals surface area contributed by atoms with E-state index in [-0.39, 0.29) is 24.2 Å². The van der Waals surface area contributed by atoms with Gasteiger partial charge >= 0.3 is 0 Å². The van der Waals surface area contributed by atoms with Gasteiger partial charge in [0.2, 0.25) is 5.91 Å². The van der Waals surface area contributed by atoms with E-state index in [2.05, 4.69) is 5.32 Å². The van der Waals surface area contributed by atoms with Gasteiger partial charge in [0.05, 0.1) is 11.1 Å². The summed E-state index contributed by atoms with van der Waals surface area (Å²) in [6.45, 7) is 4.79. The summed E-state index contributed by atoms with van der Waals surface area (Å²) >= 11 is 0. The Hall–Kier alpha value is -2.16. The molecule has 1 aromatic carbocycles. The van der Waals surface area contributed by atoms with Crippen molar-refractivity contribution in [2.45, 2.75) is 50.4 Å². The number of hydrogen-bond donors (Lipinski definition) is 3. The maximum absolute atomic E-state index is 12.8. The summed E-state index contributed by atoms with van der Waals surface area (Å²) in [5.41, 5.74) is -0.471. The highest BCUT2D eigenvalue weighted by atomic mass is 16.5. The van der Waals surface area contributed by atoms with Crippen molar-refractivity contribution in [1.82, 2.24) is 10.2 Å². The number of likely N-dealkylation sites (tertiary alicyclic amines) is 1. The molecular weight excluding hydrogens is 376 g/mol. The Morgan fingerprint density at radius 3 is 2.62 bits per heavy atom. The van der Waals surface area contributed by atoms with E-state index in [1.54, 1.807) is 24.0 Å². The Labute approximate surface area is 170 Å². The number of benzene rings is 1. The zero-order valence-electron chi connectivity index (χ0n) is 17.2. The molecule has 2 aliphatic rings. The van der Waals surface area contributed by atoms with Crippen LogP contribution in [0.4, 0.5) is 0 Å². The van der Waals surface area contributed by atoms with Crippen LogP contribution in [0.1, 0.15) is 42.1 Å². The van der Waals surface area contributed by atoms with Gasteiger partial charge in [-0.25, -0.2) is 0 Å². The standard InChI is InChI=1S/C21H30N2O6/c1-14-4-5-15(12-16(14)24)18(26)23-9-6-21(7-10-23)19(27)20(2,8-11-29-21)22-17(25)13-28-3/h4-5,12,19,24,27H,6-11,13H2,1-3H3,(H,22,25)/t19-,20+/m0/s1. The topological polar surface area (TPSA) is 108 Å². The van der Waals surface area contributed by atoms with Crippen LogP contribution in [0.15, 0.2) is 18.2 Å². The summed E-state index contributed by atoms with van der Waals surface area (Å²) in [5.74, 6) is -0.340. The van der Waals surface area contributed by atoms with E-state index >= 15 is 0 Å². The third-order valence-electron chi connectivity index (χ3n) is 6.17. The number of hydrogen-bond acceptors (Lipinski definition) is 6. The van der Waals surface area contributed by atoms with Crippen LogP contribution in [0, 0.1) is 6.92 Å². The lowest BCUT2D eigenvalue weighted by molar-refractivity contribution is -0.205. The number of carbonyl (C=O) groups is 2. The largest absolute Gasteiger partial charge is 0.508 e. The molecule has 160 valence electrons. The predicted octanol–water partition coefficient (Wildman–Crippen LogP) is 0.978. The number of nitrogens with one attached hydrogen (secondary N) is 1. The molecule has 0 saturated carbocycles. The fraction of sp³-hybridized carbons (Fsp3) is 0.619. The third-order valence-corrected chi connectivity index (χ3v) is 6.17. The lowest BCUT2D eigenvalue weighted by Crippen LogP contribution is -2.69. The molecule has 0 bridgehead atoms. The van der Waals surface area contributed by atoms with Gasteiger partial charge in [-0.15, -0.1) is 0 Å². The quantitative estimate of drug-likeness (QED) is 0.688. The van der Waals surface area contributed by atoms with E-state index in [1.807, 2.05) is 6.92 Å². The summed E-state index contributed by atoms with van der Waals surface area (Å²) in [6.07, 6.45) is 0.530. The maximum atomic E-state index is 12.8. The monoisotopic (exact) mass is 406 g/mol. The first-order valence-corrected chi connectivity index (χ1v) is 9.92. The second-order valence-electron chi connectivity index (χ2n) is 8.26. The molecule has 3 N–H and O–H groups in total. The molecule has 29 heavy (non-hydrogen) atoms. The molecule has 8 nitrogen and oxygen atoms in total. The van der Waals surface area contributed by atoms with Gasteiger partial charge in [0.1, 0.15) is 18.5 Å². The SMILES string of the molecule is COCC(=O)N[C@]1(C)CCOC2(CCN(C(=O)c3ccc(C)c(O)c3)CC2)[C@H]1O. The first kappa shape index (κ1) is 21.5. The van der Waals surface area contributed by atoms with Crippen molar-refractivity contribution < 1.29 is 29.3 Å². The molecule has 2 atom stereocenters. The van der Waals surface area contributed by atoms with Crippen molar-refractivity contribution in [3.63, 3.8) is 0 Å². The van der Waals surface area contributed by atoms with Crippen LogP contribution in [0.25, 0.3) is 0 Å². The van der Waals surface area contributed by atoms with E-state index < -0.39 is 17.2 Å². The van der Waals surface area contributed by atoms with E-state index in [9.17, 15) is 19.8 Å². The van der Waals surface area contributed by atoms with E-state index in [0.717, 1.165) is 0 Å². The summed E-state index contributed by atoms with van der Waals surface area (Å²) in [5, 5.41) is 23.9. The van der Waals surface area contributed by atoms with Crippen LogP contribution in [0.2, 0.25) is 0 Å². The number of piperidine rings is 1. The minimum Gasteiger partial charge on any atom is -0.508 e. The first-order chi connectivity index (χ1) is 13.7. The molecule has 0 radical (unpaired) electrons. The summed E-state index contributed by atoms with van der Waals surface area (Å²) in [7, 11) is 1.45. The fourth-order valence-corrected chi connectivity index (χ4v) is 4.31. The number of aromatic hydroxyl groups is 1. The van der Waals surface area contributed by atoms with Crippen molar-refractivity contribution in [2.75, 3.05) is 33.4 Å². The van der Waals surface area contributed by atoms with Gasteiger partial charge in [-0.1, -0.05) is 6.07 Å². The Morgan fingerprint density at radius 1 is 1.31 bits per heavy atom. The highest BCUT2D eigenvalue weighted by molar-refractivity contribution is 5.94. The van der Waals surface area contributed by atoms with Gasteiger partial charge in [-0.2, -0.15) is 0 Å². The van der Waals surface area contributed by atoms with Crippen LogP contribution < -0.4 is 5.32 Å². The zero-order valence-corrected chi connectivity index (χ0v) is 17.2. The normalized spacial score (nSPS) is 26.3. The van der Waals surface area contributed by atoms with Gasteiger partial charge < -0.3 is 29.9 Å². The average molecular weight is 406 g/mol. The lowest BCUT2D eigenvalue weighted by atomic mass is 9.73. The first-order valence-electron chi connectivity index (χ1n) is 9.92. The molecule has 2 aliphatic heterocycles. The molecule has 0 aromatic heterocycles. The molecule has 3 rings (SSSR count). The Bertz CT molecular complexity index is 774. The van der Waals surface area contributed by atoms with Crippen LogP contribution in [-0.2, 0) is 14.3 Å². The summed E-state index contributed by atoms with van der Waals surface area (Å²) < 4.78 is 10.9. The van der Waals surface area contributed by atoms with E-state index in [1.165, 1.54) is 13.2 Å². The summed E-state index contributed by atoms with van der Waals surface area (Å²) in [4.78, 5) is 26.5. The number of ether oxygens (including phenoxy) is 2. The molecular formula is C21H30N2O6. The van der Waals surface area contributed by atoms with Crippen molar-refractivity contribution in [1.29, 1.82) is 0 Å². The Morgan fingerprint density at radius 2 is 2.00 bits per heavy atom. The number of aliphatic hydroxyl groups is 1. The Kier molecular flexibility index (Phi) is 6.16. The van der Waals surface area contributed by atoms with Gasteiger partial charge in [-0.3, -0.25) is 9.59 Å². The van der Waals surface area contributed by atoms with E-state index in [4.69, 9.17) is 9.47 Å². The number of nitrogens with zero attached hydrogens (tertiary/aromatic N) is 1. The van der Waals surface area contributed by atoms with Crippen molar-refractivity contribution in [3.8, 4) is 5.75 Å². The molecule has 0 unspecified atom stereocenters. The predicted molar refractivity (Wildman–Crippen MR) is 106 cm³/mol. The lowest BCUT2D eigenvalue weighted by Gasteiger charge is -2.53. The van der Waals surface area contributed by atoms with Crippen LogP contribution in [0.3, 0.4) is 0 Å². The highest BCUT2D eigenvalue weighted by Gasteiger charge is 2.54. The molecule has 8 heteroatoms. The number of aryl methyl sites for hydroxylation is 1. The average Bonchev–Trinajstić information content (AvgIpc) is 2.68. The number of amides is 2. The number of carbonyl (C=O) groups excluding carboxylic acids is 2. The molecule has 2 heterocycles. The number of aliphatic hydroxyl groups excluding tert-OH is 1. The molecule has 2 amide bonds. The third kappa shape index (κ3) is 4.24. The van der Waals surface area contributed by atoms with Crippen LogP contribution in [-0.4, -0.2) is 77.6 Å². The van der Waals surface area contributed by atoms with Crippen LogP contribution in [0.5, 0.6) is 5.75 Å². The zero-order chi connectivity index (χ0) is 21.2. The smallest absolute Gasteiger partial charge is 0.253 e. The van der Waals surface area contributed by atoms with Crippen LogP contribution >= 0.6 is 0 Å². The number of phenolic OH excluding ortho intramolecular Hbond substituents is 1. The second-order valence-corrected chi connectivity index (χ2v) is 8.26. The van der Waals surface area contributed by atoms with Gasteiger partial charge in [0, 0.05) is 32.4 Å². The maximum Gasteiger partial charge on any atom is 0.253 e.